The summed E-state index contributed by atoms with van der Waals surface area (Å²) >= 11 is 13.7. The van der Waals surface area contributed by atoms with E-state index >= 15 is 0 Å². The largest absolute Gasteiger partial charge is 0.449 e. The van der Waals surface area contributed by atoms with Crippen molar-refractivity contribution in [3.8, 4) is 0 Å². The molecule has 1 aromatic heterocycles. The molecule has 0 aliphatic rings. The predicted octanol–water partition coefficient (Wildman–Crippen LogP) is 5.83. The molecule has 7 heteroatoms. The molecule has 0 saturated heterocycles. The summed E-state index contributed by atoms with van der Waals surface area (Å²) in [6.07, 6.45) is 2.64. The molecule has 0 atom stereocenters. The van der Waals surface area contributed by atoms with E-state index in [0.717, 1.165) is 23.0 Å². The molecule has 0 fully saturated rings. The number of carbonyl (C=O) groups excluding carboxylic acids is 1. The minimum Gasteiger partial charge on any atom is -0.449 e. The molecule has 0 spiro atoms. The molecule has 2 rings (SSSR count). The van der Waals surface area contributed by atoms with Crippen LogP contribution < -0.4 is 10.6 Å². The van der Waals surface area contributed by atoms with Gasteiger partial charge in [-0.05, 0) is 43.2 Å². The maximum atomic E-state index is 11.6. The van der Waals surface area contributed by atoms with Crippen molar-refractivity contribution in [3.63, 3.8) is 0 Å². The molecule has 1 heterocycles. The Bertz CT molecular complexity index is 704. The number of ether oxygens (including phenoxy) is 1. The molecule has 0 bridgehead atoms. The number of anilines is 2. The molecule has 2 N–H and O–H groups in total. The Labute approximate surface area is 155 Å². The van der Waals surface area contributed by atoms with Crippen molar-refractivity contribution in [3.05, 3.63) is 57.2 Å². The molecule has 2 aromatic rings. The van der Waals surface area contributed by atoms with Crippen LogP contribution in [0.25, 0.3) is 0 Å². The third-order valence-corrected chi connectivity index (χ3v) is 4.69. The van der Waals surface area contributed by atoms with Crippen LogP contribution in [-0.2, 0) is 11.2 Å². The Morgan fingerprint density at radius 1 is 1.29 bits per heavy atom. The second-order valence-electron chi connectivity index (χ2n) is 4.92. The Balaban J connectivity index is 1.82. The summed E-state index contributed by atoms with van der Waals surface area (Å²) in [5.41, 5.74) is 1.39. The van der Waals surface area contributed by atoms with Crippen molar-refractivity contribution in [1.29, 1.82) is 0 Å². The van der Waals surface area contributed by atoms with Crippen molar-refractivity contribution in [2.45, 2.75) is 12.8 Å². The van der Waals surface area contributed by atoms with Gasteiger partial charge in [0.25, 0.3) is 0 Å². The standard InChI is InChI=1S/C17H18Cl2N2O2S/c1-2-3-10-23-17(22)21-15-6-4-12(11-14(15)18)20-9-8-13-5-7-16(19)24-13/h2,4-7,11,20H,1,3,8-10H2,(H,21,22). The van der Waals surface area contributed by atoms with Gasteiger partial charge in [-0.3, -0.25) is 5.32 Å². The van der Waals surface area contributed by atoms with E-state index in [1.54, 1.807) is 29.5 Å². The number of benzene rings is 1. The van der Waals surface area contributed by atoms with Crippen LogP contribution in [0, 0.1) is 0 Å². The molecular formula is C17H18Cl2N2O2S. The van der Waals surface area contributed by atoms with E-state index in [1.807, 2.05) is 18.2 Å². The molecule has 0 saturated carbocycles. The molecule has 1 aromatic carbocycles. The van der Waals surface area contributed by atoms with Crippen LogP contribution in [0.2, 0.25) is 9.36 Å². The van der Waals surface area contributed by atoms with Gasteiger partial charge in [0.05, 0.1) is 21.7 Å². The lowest BCUT2D eigenvalue weighted by Gasteiger charge is -2.10. The van der Waals surface area contributed by atoms with Crippen LogP contribution >= 0.6 is 34.5 Å². The average Bonchev–Trinajstić information content (AvgIpc) is 2.96. The summed E-state index contributed by atoms with van der Waals surface area (Å²) in [5, 5.41) is 6.35. The first-order chi connectivity index (χ1) is 11.6. The summed E-state index contributed by atoms with van der Waals surface area (Å²) in [4.78, 5) is 12.8. The number of rotatable bonds is 8. The first kappa shape index (κ1) is 18.6. The van der Waals surface area contributed by atoms with E-state index in [9.17, 15) is 4.79 Å². The summed E-state index contributed by atoms with van der Waals surface area (Å²) in [7, 11) is 0. The van der Waals surface area contributed by atoms with Gasteiger partial charge in [-0.25, -0.2) is 4.79 Å². The summed E-state index contributed by atoms with van der Waals surface area (Å²) in [6.45, 7) is 4.62. The average molecular weight is 385 g/mol. The lowest BCUT2D eigenvalue weighted by Crippen LogP contribution is -2.14. The first-order valence-electron chi connectivity index (χ1n) is 7.41. The number of thiophene rings is 1. The second-order valence-corrected chi connectivity index (χ2v) is 7.12. The number of carbonyl (C=O) groups is 1. The fourth-order valence-electron chi connectivity index (χ4n) is 1.92. The summed E-state index contributed by atoms with van der Waals surface area (Å²) < 4.78 is 5.78. The van der Waals surface area contributed by atoms with Crippen LogP contribution in [-0.4, -0.2) is 19.2 Å². The van der Waals surface area contributed by atoms with Crippen molar-refractivity contribution in [1.82, 2.24) is 0 Å². The van der Waals surface area contributed by atoms with Gasteiger partial charge in [0.1, 0.15) is 0 Å². The van der Waals surface area contributed by atoms with Crippen LogP contribution in [0.5, 0.6) is 0 Å². The normalized spacial score (nSPS) is 10.2. The van der Waals surface area contributed by atoms with Crippen molar-refractivity contribution < 1.29 is 9.53 Å². The van der Waals surface area contributed by atoms with Gasteiger partial charge in [-0.15, -0.1) is 17.9 Å². The smallest absolute Gasteiger partial charge is 0.411 e. The topological polar surface area (TPSA) is 50.4 Å². The third kappa shape index (κ3) is 6.07. The molecule has 0 aliphatic heterocycles. The van der Waals surface area contributed by atoms with E-state index in [1.165, 1.54) is 4.88 Å². The molecule has 0 unspecified atom stereocenters. The third-order valence-electron chi connectivity index (χ3n) is 3.09. The maximum Gasteiger partial charge on any atom is 0.411 e. The Morgan fingerprint density at radius 3 is 2.79 bits per heavy atom. The number of halogens is 2. The lowest BCUT2D eigenvalue weighted by molar-refractivity contribution is 0.163. The van der Waals surface area contributed by atoms with E-state index in [-0.39, 0.29) is 0 Å². The van der Waals surface area contributed by atoms with Crippen molar-refractivity contribution >= 4 is 52.0 Å². The van der Waals surface area contributed by atoms with Gasteiger partial charge in [-0.2, -0.15) is 0 Å². The monoisotopic (exact) mass is 384 g/mol. The van der Waals surface area contributed by atoms with Crippen molar-refractivity contribution in [2.75, 3.05) is 23.8 Å². The molecule has 128 valence electrons. The molecule has 24 heavy (non-hydrogen) atoms. The van der Waals surface area contributed by atoms with Crippen LogP contribution in [0.4, 0.5) is 16.2 Å². The second kappa shape index (κ2) is 9.57. The molecule has 1 amide bonds. The fraction of sp³-hybridized carbons (Fsp3) is 0.235. The highest BCUT2D eigenvalue weighted by Crippen LogP contribution is 2.26. The maximum absolute atomic E-state index is 11.6. The number of hydrogen-bond acceptors (Lipinski definition) is 4. The first-order valence-corrected chi connectivity index (χ1v) is 8.98. The minimum absolute atomic E-state index is 0.291. The summed E-state index contributed by atoms with van der Waals surface area (Å²) in [6, 6.07) is 9.27. The quantitative estimate of drug-likeness (QED) is 0.444. The summed E-state index contributed by atoms with van der Waals surface area (Å²) in [5.74, 6) is 0. The highest BCUT2D eigenvalue weighted by atomic mass is 35.5. The highest BCUT2D eigenvalue weighted by molar-refractivity contribution is 7.16. The highest BCUT2D eigenvalue weighted by Gasteiger charge is 2.07. The van der Waals surface area contributed by atoms with Crippen LogP contribution in [0.15, 0.2) is 43.0 Å². The van der Waals surface area contributed by atoms with Crippen molar-refractivity contribution in [2.24, 2.45) is 0 Å². The van der Waals surface area contributed by atoms with E-state index in [2.05, 4.69) is 17.2 Å². The van der Waals surface area contributed by atoms with Gasteiger partial charge in [0, 0.05) is 17.1 Å². The van der Waals surface area contributed by atoms with Gasteiger partial charge in [-0.1, -0.05) is 29.3 Å². The Kier molecular flexibility index (Phi) is 7.43. The van der Waals surface area contributed by atoms with Crippen LogP contribution in [0.1, 0.15) is 11.3 Å². The predicted molar refractivity (Wildman–Crippen MR) is 103 cm³/mol. The molecular weight excluding hydrogens is 367 g/mol. The number of hydrogen-bond donors (Lipinski definition) is 2. The zero-order valence-corrected chi connectivity index (χ0v) is 15.3. The zero-order chi connectivity index (χ0) is 17.4. The SMILES string of the molecule is C=CCCOC(=O)Nc1ccc(NCCc2ccc(Cl)s2)cc1Cl. The number of nitrogens with one attached hydrogen (secondary N) is 2. The lowest BCUT2D eigenvalue weighted by atomic mass is 10.2. The Morgan fingerprint density at radius 2 is 2.12 bits per heavy atom. The van der Waals surface area contributed by atoms with E-state index in [4.69, 9.17) is 27.9 Å². The number of amides is 1. The molecule has 4 nitrogen and oxygen atoms in total. The molecule has 0 radical (unpaired) electrons. The van der Waals surface area contributed by atoms with Crippen LogP contribution in [0.3, 0.4) is 0 Å². The van der Waals surface area contributed by atoms with Gasteiger partial charge in [0.2, 0.25) is 0 Å². The van der Waals surface area contributed by atoms with Gasteiger partial charge < -0.3 is 10.1 Å². The minimum atomic E-state index is -0.533. The van der Waals surface area contributed by atoms with E-state index < -0.39 is 6.09 Å². The van der Waals surface area contributed by atoms with Gasteiger partial charge >= 0.3 is 6.09 Å². The zero-order valence-electron chi connectivity index (χ0n) is 13.0. The fourth-order valence-corrected chi connectivity index (χ4v) is 3.24. The molecule has 0 aliphatic carbocycles. The van der Waals surface area contributed by atoms with Gasteiger partial charge in [0.15, 0.2) is 0 Å². The Hall–Kier alpha value is -1.69. The van der Waals surface area contributed by atoms with E-state index in [0.29, 0.717) is 23.7 Å².